The number of benzene rings is 5. The zero-order valence-electron chi connectivity index (χ0n) is 21.4. The number of furan rings is 1. The Morgan fingerprint density at radius 3 is 2.33 bits per heavy atom. The van der Waals surface area contributed by atoms with Crippen LogP contribution in [0.2, 0.25) is 0 Å². The molecule has 0 saturated heterocycles. The van der Waals surface area contributed by atoms with Crippen LogP contribution in [0.15, 0.2) is 132 Å². The van der Waals surface area contributed by atoms with E-state index >= 15 is 0 Å². The molecule has 0 atom stereocenters. The lowest BCUT2D eigenvalue weighted by Crippen LogP contribution is -1.94. The number of nitriles is 1. The van der Waals surface area contributed by atoms with E-state index in [2.05, 4.69) is 101 Å². The van der Waals surface area contributed by atoms with Crippen LogP contribution < -0.4 is 0 Å². The molecule has 8 aromatic rings. The van der Waals surface area contributed by atoms with Gasteiger partial charge in [-0.05, 0) is 65.2 Å². The molecule has 0 unspecified atom stereocenters. The minimum atomic E-state index is 0.565. The van der Waals surface area contributed by atoms with Crippen molar-refractivity contribution in [2.75, 3.05) is 0 Å². The third kappa shape index (κ3) is 3.28. The molecule has 4 nitrogen and oxygen atoms in total. The molecule has 0 bridgehead atoms. The Bertz CT molecular complexity index is 2300. The predicted molar refractivity (Wildman–Crippen MR) is 161 cm³/mol. The number of rotatable bonds is 3. The van der Waals surface area contributed by atoms with Crippen LogP contribution in [0.4, 0.5) is 0 Å². The fourth-order valence-corrected chi connectivity index (χ4v) is 5.94. The monoisotopic (exact) mass is 511 g/mol. The van der Waals surface area contributed by atoms with Crippen molar-refractivity contribution in [3.63, 3.8) is 0 Å². The minimum Gasteiger partial charge on any atom is -0.455 e. The van der Waals surface area contributed by atoms with E-state index in [1.807, 2.05) is 30.3 Å². The lowest BCUT2D eigenvalue weighted by molar-refractivity contribution is 0.673. The third-order valence-corrected chi connectivity index (χ3v) is 7.73. The summed E-state index contributed by atoms with van der Waals surface area (Å²) in [5.41, 5.74) is 9.75. The maximum Gasteiger partial charge on any atom is 0.145 e. The highest BCUT2D eigenvalue weighted by molar-refractivity contribution is 6.23. The molecule has 0 N–H and O–H groups in total. The first-order chi connectivity index (χ1) is 19.8. The summed E-state index contributed by atoms with van der Waals surface area (Å²) in [6.07, 6.45) is 3.34. The maximum atomic E-state index is 9.59. The van der Waals surface area contributed by atoms with Crippen molar-refractivity contribution in [2.24, 2.45) is 0 Å². The molecule has 0 fully saturated rings. The van der Waals surface area contributed by atoms with Gasteiger partial charge in [-0.15, -0.1) is 0 Å². The molecule has 0 aliphatic heterocycles. The number of aromatic nitrogens is 2. The van der Waals surface area contributed by atoms with Crippen molar-refractivity contribution >= 4 is 43.7 Å². The highest BCUT2D eigenvalue weighted by Crippen LogP contribution is 2.40. The van der Waals surface area contributed by atoms with Crippen molar-refractivity contribution < 1.29 is 4.42 Å². The number of nitrogens with zero attached hydrogens (tertiary/aromatic N) is 3. The summed E-state index contributed by atoms with van der Waals surface area (Å²) >= 11 is 0. The third-order valence-electron chi connectivity index (χ3n) is 7.73. The van der Waals surface area contributed by atoms with E-state index in [0.29, 0.717) is 5.56 Å². The van der Waals surface area contributed by atoms with Gasteiger partial charge < -0.3 is 8.98 Å². The molecule has 0 saturated carbocycles. The molecule has 8 rings (SSSR count). The van der Waals surface area contributed by atoms with Gasteiger partial charge in [0.05, 0.1) is 22.0 Å². The standard InChI is InChI=1S/C36H21N3O/c37-21-26-22-38-18-17-28(26)25-9-5-7-23(19-25)24-8-6-10-27(20-24)39-32-13-3-1-12-31(32)35-33(39)16-15-30-29-11-2-4-14-34(29)40-36(30)35/h1-20,22H. The lowest BCUT2D eigenvalue weighted by atomic mass is 9.97. The molecule has 0 radical (unpaired) electrons. The number of para-hydroxylation sites is 2. The fourth-order valence-electron chi connectivity index (χ4n) is 5.94. The van der Waals surface area contributed by atoms with E-state index in [-0.39, 0.29) is 0 Å². The van der Waals surface area contributed by atoms with Crippen LogP contribution in [0.25, 0.3) is 71.7 Å². The van der Waals surface area contributed by atoms with Gasteiger partial charge in [0.1, 0.15) is 17.2 Å². The number of pyridine rings is 1. The number of hydrogen-bond donors (Lipinski definition) is 0. The Hall–Kier alpha value is -5.66. The summed E-state index contributed by atoms with van der Waals surface area (Å²) in [7, 11) is 0. The highest BCUT2D eigenvalue weighted by atomic mass is 16.3. The summed E-state index contributed by atoms with van der Waals surface area (Å²) in [5.74, 6) is 0. The first-order valence-corrected chi connectivity index (χ1v) is 13.2. The van der Waals surface area contributed by atoms with Gasteiger partial charge in [0.25, 0.3) is 0 Å². The highest BCUT2D eigenvalue weighted by Gasteiger charge is 2.18. The quantitative estimate of drug-likeness (QED) is 0.237. The molecule has 0 amide bonds. The minimum absolute atomic E-state index is 0.565. The predicted octanol–water partition coefficient (Wildman–Crippen LogP) is 9.28. The van der Waals surface area contributed by atoms with Crippen molar-refractivity contribution in [1.82, 2.24) is 9.55 Å². The Balaban J connectivity index is 1.34. The molecule has 40 heavy (non-hydrogen) atoms. The van der Waals surface area contributed by atoms with Crippen molar-refractivity contribution in [1.29, 1.82) is 5.26 Å². The van der Waals surface area contributed by atoms with E-state index in [1.54, 1.807) is 12.4 Å². The van der Waals surface area contributed by atoms with Gasteiger partial charge in [-0.3, -0.25) is 4.98 Å². The van der Waals surface area contributed by atoms with Crippen LogP contribution in [0.3, 0.4) is 0 Å². The Morgan fingerprint density at radius 1 is 0.650 bits per heavy atom. The topological polar surface area (TPSA) is 54.8 Å². The van der Waals surface area contributed by atoms with Gasteiger partial charge in [0.2, 0.25) is 0 Å². The zero-order chi connectivity index (χ0) is 26.6. The average molecular weight is 512 g/mol. The van der Waals surface area contributed by atoms with Gasteiger partial charge >= 0.3 is 0 Å². The lowest BCUT2D eigenvalue weighted by Gasteiger charge is -2.11. The smallest absolute Gasteiger partial charge is 0.145 e. The zero-order valence-corrected chi connectivity index (χ0v) is 21.4. The van der Waals surface area contributed by atoms with Crippen LogP contribution in [-0.4, -0.2) is 9.55 Å². The van der Waals surface area contributed by atoms with Gasteiger partial charge in [-0.25, -0.2) is 0 Å². The Kier molecular flexibility index (Phi) is 4.85. The fraction of sp³-hybridized carbons (Fsp3) is 0. The van der Waals surface area contributed by atoms with Crippen molar-refractivity contribution in [3.8, 4) is 34.0 Å². The summed E-state index contributed by atoms with van der Waals surface area (Å²) in [6.45, 7) is 0. The first-order valence-electron chi connectivity index (χ1n) is 13.2. The molecule has 0 aliphatic carbocycles. The van der Waals surface area contributed by atoms with Gasteiger partial charge in [0.15, 0.2) is 0 Å². The normalized spacial score (nSPS) is 11.5. The van der Waals surface area contributed by atoms with E-state index in [9.17, 15) is 5.26 Å². The van der Waals surface area contributed by atoms with Gasteiger partial charge in [-0.2, -0.15) is 5.26 Å². The molecule has 3 heterocycles. The van der Waals surface area contributed by atoms with Gasteiger partial charge in [0, 0.05) is 39.8 Å². The Morgan fingerprint density at radius 2 is 1.43 bits per heavy atom. The summed E-state index contributed by atoms with van der Waals surface area (Å²) in [5, 5.41) is 14.1. The van der Waals surface area contributed by atoms with E-state index in [1.165, 1.54) is 0 Å². The second-order valence-corrected chi connectivity index (χ2v) is 9.95. The first kappa shape index (κ1) is 22.3. The van der Waals surface area contributed by atoms with Crippen LogP contribution >= 0.6 is 0 Å². The molecule has 0 aliphatic rings. The van der Waals surface area contributed by atoms with E-state index in [0.717, 1.165) is 71.7 Å². The van der Waals surface area contributed by atoms with Crippen LogP contribution in [-0.2, 0) is 0 Å². The van der Waals surface area contributed by atoms with Crippen LogP contribution in [0, 0.1) is 11.3 Å². The van der Waals surface area contributed by atoms with Crippen molar-refractivity contribution in [3.05, 3.63) is 133 Å². The molecule has 186 valence electrons. The summed E-state index contributed by atoms with van der Waals surface area (Å²) < 4.78 is 8.77. The largest absolute Gasteiger partial charge is 0.455 e. The van der Waals surface area contributed by atoms with Crippen LogP contribution in [0.1, 0.15) is 5.56 Å². The molecular weight excluding hydrogens is 490 g/mol. The molecule has 0 spiro atoms. The SMILES string of the molecule is N#Cc1cnccc1-c1cccc(-c2cccc(-n3c4ccccc4c4c5oc6ccccc6c5ccc43)c2)c1. The second-order valence-electron chi connectivity index (χ2n) is 9.95. The summed E-state index contributed by atoms with van der Waals surface area (Å²) in [4.78, 5) is 4.11. The second kappa shape index (κ2) is 8.69. The maximum absolute atomic E-state index is 9.59. The van der Waals surface area contributed by atoms with Gasteiger partial charge in [-0.1, -0.05) is 66.7 Å². The molecule has 4 heteroatoms. The summed E-state index contributed by atoms with van der Waals surface area (Å²) in [6, 6.07) is 42.2. The molecule has 5 aromatic carbocycles. The Labute approximate surface area is 230 Å². The van der Waals surface area contributed by atoms with Crippen LogP contribution in [0.5, 0.6) is 0 Å². The molecule has 3 aromatic heterocycles. The van der Waals surface area contributed by atoms with Crippen molar-refractivity contribution in [2.45, 2.75) is 0 Å². The van der Waals surface area contributed by atoms with E-state index < -0.39 is 0 Å². The van der Waals surface area contributed by atoms with E-state index in [4.69, 9.17) is 4.42 Å². The molecular formula is C36H21N3O. The average Bonchev–Trinajstić information content (AvgIpc) is 3.57. The number of hydrogen-bond acceptors (Lipinski definition) is 3. The number of fused-ring (bicyclic) bond motifs is 7.